The Hall–Kier alpha value is -3.82. The van der Waals surface area contributed by atoms with Crippen molar-refractivity contribution in [2.75, 3.05) is 11.4 Å². The first kappa shape index (κ1) is 32.7. The smallest absolute Gasteiger partial charge is 0.453 e. The summed E-state index contributed by atoms with van der Waals surface area (Å²) in [7, 11) is 0. The zero-order valence-electron chi connectivity index (χ0n) is 20.7. The summed E-state index contributed by atoms with van der Waals surface area (Å²) in [6.45, 7) is -5.25. The topological polar surface area (TPSA) is 41.9 Å². The number of nitrogens with zero attached hydrogens (tertiary/aromatic N) is 1. The third kappa shape index (κ3) is 7.52. The maximum Gasteiger partial charge on any atom is 0.460 e. The van der Waals surface area contributed by atoms with Gasteiger partial charge in [-0.3, -0.25) is 0 Å². The molecule has 1 unspecified atom stereocenters. The summed E-state index contributed by atoms with van der Waals surface area (Å²) >= 11 is 0. The van der Waals surface area contributed by atoms with Gasteiger partial charge < -0.3 is 19.5 Å². The second-order valence-corrected chi connectivity index (χ2v) is 8.71. The number of benzene rings is 3. The van der Waals surface area contributed by atoms with Crippen molar-refractivity contribution < 1.29 is 67.3 Å². The van der Waals surface area contributed by atoms with E-state index >= 15 is 0 Å². The third-order valence-electron chi connectivity index (χ3n) is 5.66. The highest BCUT2D eigenvalue weighted by atomic mass is 19.4. The third-order valence-corrected chi connectivity index (χ3v) is 5.66. The van der Waals surface area contributed by atoms with Gasteiger partial charge in [0.05, 0.1) is 6.54 Å². The van der Waals surface area contributed by atoms with Gasteiger partial charge >= 0.3 is 30.8 Å². The lowest BCUT2D eigenvalue weighted by molar-refractivity contribution is -0.359. The molecule has 0 aliphatic rings. The molecule has 0 radical (unpaired) electrons. The molecular weight excluding hydrogens is 602 g/mol. The molecule has 1 N–H and O–H groups in total. The summed E-state index contributed by atoms with van der Waals surface area (Å²) < 4.78 is 168. The van der Waals surface area contributed by atoms with Crippen LogP contribution in [0.3, 0.4) is 0 Å². The van der Waals surface area contributed by atoms with E-state index in [1.165, 1.54) is 36.4 Å². The Balaban J connectivity index is 1.98. The molecule has 0 amide bonds. The molecule has 230 valence electrons. The maximum atomic E-state index is 14.3. The summed E-state index contributed by atoms with van der Waals surface area (Å²) in [5.41, 5.74) is -2.34. The van der Waals surface area contributed by atoms with Gasteiger partial charge in [-0.2, -0.15) is 52.7 Å². The van der Waals surface area contributed by atoms with Crippen LogP contribution in [0, 0.1) is 0 Å². The van der Waals surface area contributed by atoms with Crippen LogP contribution in [0.25, 0.3) is 0 Å². The van der Waals surface area contributed by atoms with Gasteiger partial charge in [0.2, 0.25) is 0 Å². The van der Waals surface area contributed by atoms with Crippen LogP contribution in [0.1, 0.15) is 11.1 Å². The molecule has 0 spiro atoms. The zero-order valence-corrected chi connectivity index (χ0v) is 20.7. The molecular formula is C26H19F12NO3. The quantitative estimate of drug-likeness (QED) is 0.219. The van der Waals surface area contributed by atoms with Crippen LogP contribution < -0.4 is 14.4 Å². The van der Waals surface area contributed by atoms with Crippen LogP contribution in [0.4, 0.5) is 58.4 Å². The van der Waals surface area contributed by atoms with Crippen molar-refractivity contribution in [3.63, 3.8) is 0 Å². The lowest BCUT2D eigenvalue weighted by Gasteiger charge is -2.30. The average Bonchev–Trinajstić information content (AvgIpc) is 2.88. The normalized spacial score (nSPS) is 13.7. The predicted octanol–water partition coefficient (Wildman–Crippen LogP) is 8.30. The number of hydrogen-bond acceptors (Lipinski definition) is 4. The highest BCUT2D eigenvalue weighted by molar-refractivity contribution is 5.53. The Labute approximate surface area is 229 Å². The molecule has 3 rings (SSSR count). The summed E-state index contributed by atoms with van der Waals surface area (Å²) in [5.74, 6) is -13.0. The molecule has 3 aromatic carbocycles. The van der Waals surface area contributed by atoms with Crippen molar-refractivity contribution in [2.45, 2.75) is 43.5 Å². The van der Waals surface area contributed by atoms with Crippen LogP contribution in [-0.2, 0) is 12.5 Å². The van der Waals surface area contributed by atoms with Crippen LogP contribution in [-0.4, -0.2) is 42.6 Å². The molecule has 0 bridgehead atoms. The molecule has 0 aromatic heterocycles. The van der Waals surface area contributed by atoms with E-state index in [4.69, 9.17) is 4.74 Å². The number of rotatable bonds is 11. The Bertz CT molecular complexity index is 1340. The Morgan fingerprint density at radius 3 is 1.95 bits per heavy atom. The fourth-order valence-electron chi connectivity index (χ4n) is 3.62. The van der Waals surface area contributed by atoms with Crippen LogP contribution in [0.5, 0.6) is 17.2 Å². The lowest BCUT2D eigenvalue weighted by atomic mass is 9.99. The Morgan fingerprint density at radius 1 is 0.738 bits per heavy atom. The average molecular weight is 621 g/mol. The van der Waals surface area contributed by atoms with E-state index in [0.717, 1.165) is 23.1 Å². The van der Waals surface area contributed by atoms with Gasteiger partial charge in [-0.05, 0) is 35.9 Å². The van der Waals surface area contributed by atoms with E-state index in [1.807, 2.05) is 0 Å². The Kier molecular flexibility index (Phi) is 9.49. The minimum absolute atomic E-state index is 0.144. The first-order valence-corrected chi connectivity index (χ1v) is 11.6. The summed E-state index contributed by atoms with van der Waals surface area (Å²) in [5, 5.41) is 9.67. The lowest BCUT2D eigenvalue weighted by Crippen LogP contribution is -2.50. The monoisotopic (exact) mass is 621 g/mol. The van der Waals surface area contributed by atoms with Gasteiger partial charge in [-0.25, -0.2) is 0 Å². The highest BCUT2D eigenvalue weighted by Gasteiger charge is 2.73. The van der Waals surface area contributed by atoms with E-state index < -0.39 is 66.9 Å². The fraction of sp³-hybridized carbons (Fsp3) is 0.308. The van der Waals surface area contributed by atoms with Crippen molar-refractivity contribution >= 4 is 5.69 Å². The van der Waals surface area contributed by atoms with Crippen molar-refractivity contribution in [2.24, 2.45) is 0 Å². The molecule has 0 fully saturated rings. The van der Waals surface area contributed by atoms with Crippen molar-refractivity contribution in [1.29, 1.82) is 0 Å². The van der Waals surface area contributed by atoms with Crippen LogP contribution in [0.15, 0.2) is 72.8 Å². The standard InChI is InChI=1S/C26H19F12NO3/c27-22(28)42-20-10-2-1-9-19(20)41-18-8-4-7-17(12-18)39(14-21(40)24(31,32)33)13-15-5-3-6-16(11-15)23(29,30)25(34,35)26(36,37)38/h1-12,21-22,40H,13-14H2. The summed E-state index contributed by atoms with van der Waals surface area (Å²) in [6.07, 6.45) is -14.8. The maximum absolute atomic E-state index is 14.3. The van der Waals surface area contributed by atoms with Crippen molar-refractivity contribution in [3.8, 4) is 17.2 Å². The molecule has 4 nitrogen and oxygen atoms in total. The molecule has 0 aliphatic carbocycles. The first-order chi connectivity index (χ1) is 19.3. The molecule has 0 saturated carbocycles. The molecule has 42 heavy (non-hydrogen) atoms. The summed E-state index contributed by atoms with van der Waals surface area (Å²) in [4.78, 5) is 0.770. The number of para-hydroxylation sites is 2. The second-order valence-electron chi connectivity index (χ2n) is 8.71. The highest BCUT2D eigenvalue weighted by Crippen LogP contribution is 2.51. The minimum atomic E-state index is -6.62. The van der Waals surface area contributed by atoms with Crippen molar-refractivity contribution in [3.05, 3.63) is 83.9 Å². The van der Waals surface area contributed by atoms with Crippen molar-refractivity contribution in [1.82, 2.24) is 0 Å². The van der Waals surface area contributed by atoms with E-state index in [2.05, 4.69) is 4.74 Å². The first-order valence-electron chi connectivity index (χ1n) is 11.6. The molecule has 1 atom stereocenters. The number of anilines is 1. The molecule has 3 aromatic rings. The minimum Gasteiger partial charge on any atom is -0.453 e. The van der Waals surface area contributed by atoms with Gasteiger partial charge in [0.1, 0.15) is 5.75 Å². The number of aliphatic hydroxyl groups excluding tert-OH is 1. The van der Waals surface area contributed by atoms with E-state index in [-0.39, 0.29) is 23.3 Å². The van der Waals surface area contributed by atoms with Gasteiger partial charge in [0.25, 0.3) is 0 Å². The number of aliphatic hydroxyl groups is 1. The Morgan fingerprint density at radius 2 is 1.36 bits per heavy atom. The predicted molar refractivity (Wildman–Crippen MR) is 124 cm³/mol. The van der Waals surface area contributed by atoms with Gasteiger partial charge in [0, 0.05) is 23.9 Å². The molecule has 0 heterocycles. The second kappa shape index (κ2) is 12.2. The molecule has 0 saturated heterocycles. The van der Waals surface area contributed by atoms with Crippen LogP contribution in [0.2, 0.25) is 0 Å². The number of hydrogen-bond donors (Lipinski definition) is 1. The number of ether oxygens (including phenoxy) is 2. The number of halogens is 12. The fourth-order valence-corrected chi connectivity index (χ4v) is 3.62. The summed E-state index contributed by atoms with van der Waals surface area (Å²) in [6, 6.07) is 12.2. The van der Waals surface area contributed by atoms with Gasteiger partial charge in [0.15, 0.2) is 17.6 Å². The van der Waals surface area contributed by atoms with E-state index in [0.29, 0.717) is 12.1 Å². The zero-order chi connectivity index (χ0) is 31.5. The van der Waals surface area contributed by atoms with Gasteiger partial charge in [-0.1, -0.05) is 36.4 Å². The molecule has 0 aliphatic heterocycles. The van der Waals surface area contributed by atoms with E-state index in [9.17, 15) is 57.8 Å². The number of alkyl halides is 12. The van der Waals surface area contributed by atoms with E-state index in [1.54, 1.807) is 0 Å². The van der Waals surface area contributed by atoms with Gasteiger partial charge in [-0.15, -0.1) is 0 Å². The van der Waals surface area contributed by atoms with Crippen LogP contribution >= 0.6 is 0 Å². The SMILES string of the molecule is OC(CN(Cc1cccc(C(F)(F)C(F)(F)C(F)(F)F)c1)c1cccc(Oc2ccccc2OC(F)F)c1)C(F)(F)F. The molecule has 16 heteroatoms. The largest absolute Gasteiger partial charge is 0.460 e.